The van der Waals surface area contributed by atoms with Crippen LogP contribution in [0.2, 0.25) is 0 Å². The number of halogens is 2. The molecule has 1 aromatic rings. The summed E-state index contributed by atoms with van der Waals surface area (Å²) in [7, 11) is 0. The summed E-state index contributed by atoms with van der Waals surface area (Å²) in [5.41, 5.74) is -1.01. The van der Waals surface area contributed by atoms with Gasteiger partial charge in [-0.1, -0.05) is 6.92 Å². The van der Waals surface area contributed by atoms with Crippen molar-refractivity contribution in [2.24, 2.45) is 5.92 Å². The van der Waals surface area contributed by atoms with Crippen LogP contribution >= 0.6 is 0 Å². The van der Waals surface area contributed by atoms with Gasteiger partial charge in [-0.05, 0) is 12.3 Å². The van der Waals surface area contributed by atoms with Gasteiger partial charge in [0.15, 0.2) is 11.6 Å². The van der Waals surface area contributed by atoms with Gasteiger partial charge in [0.05, 0.1) is 17.1 Å². The summed E-state index contributed by atoms with van der Waals surface area (Å²) in [6, 6.07) is 1.34. The number of benzene rings is 1. The highest BCUT2D eigenvalue weighted by Crippen LogP contribution is 2.25. The average molecular weight is 260 g/mol. The summed E-state index contributed by atoms with van der Waals surface area (Å²) >= 11 is 0. The van der Waals surface area contributed by atoms with Crippen molar-refractivity contribution in [3.63, 3.8) is 0 Å². The minimum absolute atomic E-state index is 0.00588. The standard InChI is InChI=1S/C11H14F2N2O3/c1-7(2-3-16)6-14-11-9(12)4-8(15(17)18)5-10(11)13/h4-5,7,14,16H,2-3,6H2,1H3. The molecular weight excluding hydrogens is 246 g/mol. The Bertz CT molecular complexity index is 417. The Labute approximate surface area is 103 Å². The van der Waals surface area contributed by atoms with Crippen LogP contribution in [0.1, 0.15) is 13.3 Å². The summed E-state index contributed by atoms with van der Waals surface area (Å²) in [5, 5.41) is 21.6. The van der Waals surface area contributed by atoms with Gasteiger partial charge in [0, 0.05) is 13.2 Å². The first-order valence-corrected chi connectivity index (χ1v) is 5.44. The predicted molar refractivity (Wildman–Crippen MR) is 62.4 cm³/mol. The van der Waals surface area contributed by atoms with E-state index in [4.69, 9.17) is 5.11 Å². The molecule has 0 saturated carbocycles. The fourth-order valence-corrected chi connectivity index (χ4v) is 1.43. The average Bonchev–Trinajstić information content (AvgIpc) is 2.27. The van der Waals surface area contributed by atoms with Crippen LogP contribution in [-0.2, 0) is 0 Å². The molecule has 5 nitrogen and oxygen atoms in total. The lowest BCUT2D eigenvalue weighted by molar-refractivity contribution is -0.385. The van der Waals surface area contributed by atoms with Gasteiger partial charge in [0.1, 0.15) is 5.69 Å². The third-order valence-corrected chi connectivity index (χ3v) is 2.49. The third kappa shape index (κ3) is 3.63. The Morgan fingerprint density at radius 2 is 2.00 bits per heavy atom. The van der Waals surface area contributed by atoms with E-state index in [0.717, 1.165) is 0 Å². The second-order valence-corrected chi connectivity index (χ2v) is 4.04. The molecule has 0 saturated heterocycles. The maximum Gasteiger partial charge on any atom is 0.275 e. The van der Waals surface area contributed by atoms with Crippen LogP contribution in [-0.4, -0.2) is 23.2 Å². The van der Waals surface area contributed by atoms with Crippen molar-refractivity contribution in [3.8, 4) is 0 Å². The Balaban J connectivity index is 2.81. The number of non-ortho nitro benzene ring substituents is 1. The number of hydrogen-bond donors (Lipinski definition) is 2. The summed E-state index contributed by atoms with van der Waals surface area (Å²) in [6.07, 6.45) is 0.503. The molecule has 1 atom stereocenters. The van der Waals surface area contributed by atoms with Crippen LogP contribution in [0.5, 0.6) is 0 Å². The molecule has 100 valence electrons. The van der Waals surface area contributed by atoms with E-state index in [1.165, 1.54) is 0 Å². The zero-order valence-electron chi connectivity index (χ0n) is 9.82. The lowest BCUT2D eigenvalue weighted by Crippen LogP contribution is -2.14. The molecule has 1 unspecified atom stereocenters. The molecule has 0 spiro atoms. The van der Waals surface area contributed by atoms with Gasteiger partial charge in [-0.2, -0.15) is 0 Å². The molecule has 0 aliphatic carbocycles. The topological polar surface area (TPSA) is 75.4 Å². The summed E-state index contributed by atoms with van der Waals surface area (Å²) in [6.45, 7) is 2.07. The summed E-state index contributed by atoms with van der Waals surface area (Å²) in [4.78, 5) is 9.54. The van der Waals surface area contributed by atoms with Gasteiger partial charge in [0.25, 0.3) is 5.69 Å². The number of rotatable bonds is 6. The number of anilines is 1. The third-order valence-electron chi connectivity index (χ3n) is 2.49. The maximum absolute atomic E-state index is 13.5. The monoisotopic (exact) mass is 260 g/mol. The summed E-state index contributed by atoms with van der Waals surface area (Å²) < 4.78 is 26.9. The van der Waals surface area contributed by atoms with E-state index in [0.29, 0.717) is 18.6 Å². The number of aliphatic hydroxyl groups excluding tert-OH is 1. The van der Waals surface area contributed by atoms with Crippen LogP contribution in [0.15, 0.2) is 12.1 Å². The Morgan fingerprint density at radius 3 is 2.44 bits per heavy atom. The molecule has 0 bridgehead atoms. The van der Waals surface area contributed by atoms with Crippen molar-refractivity contribution in [1.82, 2.24) is 0 Å². The molecule has 7 heteroatoms. The number of nitro benzene ring substituents is 1. The quantitative estimate of drug-likeness (QED) is 0.608. The van der Waals surface area contributed by atoms with E-state index in [1.54, 1.807) is 0 Å². The highest BCUT2D eigenvalue weighted by molar-refractivity contribution is 5.51. The zero-order valence-corrected chi connectivity index (χ0v) is 9.82. The molecule has 0 fully saturated rings. The van der Waals surface area contributed by atoms with Crippen molar-refractivity contribution in [2.75, 3.05) is 18.5 Å². The van der Waals surface area contributed by atoms with Crippen LogP contribution in [0, 0.1) is 27.7 Å². The Morgan fingerprint density at radius 1 is 1.44 bits per heavy atom. The molecule has 18 heavy (non-hydrogen) atoms. The first-order valence-electron chi connectivity index (χ1n) is 5.44. The zero-order chi connectivity index (χ0) is 13.7. The molecule has 0 amide bonds. The lowest BCUT2D eigenvalue weighted by Gasteiger charge is -2.13. The van der Waals surface area contributed by atoms with E-state index < -0.39 is 22.2 Å². The van der Waals surface area contributed by atoms with Gasteiger partial charge >= 0.3 is 0 Å². The van der Waals surface area contributed by atoms with E-state index in [2.05, 4.69) is 5.32 Å². The molecule has 0 aromatic heterocycles. The molecule has 0 aliphatic rings. The maximum atomic E-state index is 13.5. The predicted octanol–water partition coefficient (Wildman–Crippen LogP) is 2.30. The van der Waals surface area contributed by atoms with Crippen LogP contribution in [0.25, 0.3) is 0 Å². The highest BCUT2D eigenvalue weighted by Gasteiger charge is 2.17. The number of nitro groups is 1. The highest BCUT2D eigenvalue weighted by atomic mass is 19.1. The smallest absolute Gasteiger partial charge is 0.275 e. The van der Waals surface area contributed by atoms with E-state index in [1.807, 2.05) is 6.92 Å². The largest absolute Gasteiger partial charge is 0.396 e. The summed E-state index contributed by atoms with van der Waals surface area (Å²) in [5.74, 6) is -1.97. The molecule has 2 N–H and O–H groups in total. The fraction of sp³-hybridized carbons (Fsp3) is 0.455. The van der Waals surface area contributed by atoms with Crippen LogP contribution in [0.4, 0.5) is 20.2 Å². The Hall–Kier alpha value is -1.76. The van der Waals surface area contributed by atoms with E-state index >= 15 is 0 Å². The minimum Gasteiger partial charge on any atom is -0.396 e. The number of hydrogen-bond acceptors (Lipinski definition) is 4. The second kappa shape index (κ2) is 6.25. The first-order chi connectivity index (χ1) is 8.45. The van der Waals surface area contributed by atoms with Crippen LogP contribution < -0.4 is 5.32 Å². The van der Waals surface area contributed by atoms with Gasteiger partial charge in [-0.25, -0.2) is 8.78 Å². The number of nitrogens with zero attached hydrogens (tertiary/aromatic N) is 1. The minimum atomic E-state index is -1.00. The molecule has 1 rings (SSSR count). The second-order valence-electron chi connectivity index (χ2n) is 4.04. The van der Waals surface area contributed by atoms with Crippen molar-refractivity contribution < 1.29 is 18.8 Å². The molecular formula is C11H14F2N2O3. The van der Waals surface area contributed by atoms with Crippen LogP contribution in [0.3, 0.4) is 0 Å². The van der Waals surface area contributed by atoms with Gasteiger partial charge in [-0.15, -0.1) is 0 Å². The molecule has 0 radical (unpaired) electrons. The first kappa shape index (κ1) is 14.3. The normalized spacial score (nSPS) is 12.2. The lowest BCUT2D eigenvalue weighted by atomic mass is 10.1. The number of nitrogens with one attached hydrogen (secondary N) is 1. The molecule has 0 heterocycles. The molecule has 1 aromatic carbocycles. The van der Waals surface area contributed by atoms with E-state index in [-0.39, 0.29) is 24.8 Å². The molecule has 0 aliphatic heterocycles. The van der Waals surface area contributed by atoms with E-state index in [9.17, 15) is 18.9 Å². The van der Waals surface area contributed by atoms with Gasteiger partial charge in [0.2, 0.25) is 0 Å². The van der Waals surface area contributed by atoms with Crippen molar-refractivity contribution in [3.05, 3.63) is 33.9 Å². The fourth-order valence-electron chi connectivity index (χ4n) is 1.43. The van der Waals surface area contributed by atoms with Crippen molar-refractivity contribution >= 4 is 11.4 Å². The SMILES string of the molecule is CC(CCO)CNc1c(F)cc([N+](=O)[O-])cc1F. The van der Waals surface area contributed by atoms with Gasteiger partial charge < -0.3 is 10.4 Å². The number of aliphatic hydroxyl groups is 1. The van der Waals surface area contributed by atoms with Gasteiger partial charge in [-0.3, -0.25) is 10.1 Å². The Kier molecular flexibility index (Phi) is 4.96. The van der Waals surface area contributed by atoms with Crippen molar-refractivity contribution in [2.45, 2.75) is 13.3 Å². The van der Waals surface area contributed by atoms with Crippen molar-refractivity contribution in [1.29, 1.82) is 0 Å².